The molecule has 1 fully saturated rings. The predicted octanol–water partition coefficient (Wildman–Crippen LogP) is 5.26. The van der Waals surface area contributed by atoms with Gasteiger partial charge in [0.2, 0.25) is 0 Å². The van der Waals surface area contributed by atoms with Gasteiger partial charge in [0.05, 0.1) is 0 Å². The smallest absolute Gasteiger partial charge is 0.194 e. The Hall–Kier alpha value is -1.41. The number of aryl methyl sites for hydroxylation is 1. The van der Waals surface area contributed by atoms with Crippen LogP contribution >= 0.6 is 15.9 Å². The summed E-state index contributed by atoms with van der Waals surface area (Å²) in [5.74, 6) is 0.794. The minimum absolute atomic E-state index is 0.0806. The minimum atomic E-state index is 0.0806. The van der Waals surface area contributed by atoms with E-state index in [-0.39, 0.29) is 5.78 Å². The van der Waals surface area contributed by atoms with Gasteiger partial charge in [-0.2, -0.15) is 0 Å². The molecule has 2 aromatic rings. The van der Waals surface area contributed by atoms with Gasteiger partial charge in [0.25, 0.3) is 0 Å². The van der Waals surface area contributed by atoms with Crippen molar-refractivity contribution in [2.24, 2.45) is 0 Å². The van der Waals surface area contributed by atoms with Gasteiger partial charge in [0.1, 0.15) is 0 Å². The molecule has 1 aliphatic carbocycles. The normalized spacial score (nSPS) is 14.9. The second-order valence-corrected chi connectivity index (χ2v) is 6.42. The molecule has 0 heterocycles. The highest BCUT2D eigenvalue weighted by Crippen LogP contribution is 2.36. The molecule has 0 aromatic heterocycles. The molecule has 0 saturated heterocycles. The average molecular weight is 329 g/mol. The quantitative estimate of drug-likeness (QED) is 0.702. The Kier molecular flexibility index (Phi) is 3.75. The van der Waals surface area contributed by atoms with Gasteiger partial charge >= 0.3 is 0 Å². The first-order valence-corrected chi connectivity index (χ1v) is 7.85. The summed E-state index contributed by atoms with van der Waals surface area (Å²) in [4.78, 5) is 12.5. The molecule has 102 valence electrons. The summed E-state index contributed by atoms with van der Waals surface area (Å²) in [7, 11) is 0. The van der Waals surface area contributed by atoms with Crippen molar-refractivity contribution in [1.82, 2.24) is 0 Å². The number of hydrogen-bond donors (Lipinski definition) is 0. The van der Waals surface area contributed by atoms with Crippen molar-refractivity contribution in [3.63, 3.8) is 0 Å². The number of ketones is 1. The van der Waals surface area contributed by atoms with Crippen LogP contribution in [0.25, 0.3) is 0 Å². The van der Waals surface area contributed by atoms with E-state index in [1.54, 1.807) is 0 Å². The summed E-state index contributed by atoms with van der Waals surface area (Å²) in [5, 5.41) is 0. The molecule has 2 aromatic carbocycles. The molecule has 0 amide bonds. The van der Waals surface area contributed by atoms with Crippen LogP contribution in [0.3, 0.4) is 0 Å². The van der Waals surface area contributed by atoms with Crippen LogP contribution < -0.4 is 0 Å². The molecule has 1 saturated carbocycles. The van der Waals surface area contributed by atoms with Crippen LogP contribution in [0.1, 0.15) is 52.2 Å². The SMILES string of the molecule is Cc1ccc(C(=O)c2ccc(C3CCC3)cc2)c(Br)c1. The fourth-order valence-electron chi connectivity index (χ4n) is 2.61. The van der Waals surface area contributed by atoms with E-state index in [2.05, 4.69) is 28.1 Å². The van der Waals surface area contributed by atoms with Crippen molar-refractivity contribution < 1.29 is 4.79 Å². The summed E-state index contributed by atoms with van der Waals surface area (Å²) < 4.78 is 0.866. The molecule has 1 aliphatic rings. The minimum Gasteiger partial charge on any atom is -0.289 e. The lowest BCUT2D eigenvalue weighted by Crippen LogP contribution is -2.09. The zero-order chi connectivity index (χ0) is 14.1. The van der Waals surface area contributed by atoms with Gasteiger partial charge in [-0.1, -0.05) is 52.7 Å². The summed E-state index contributed by atoms with van der Waals surface area (Å²) in [6, 6.07) is 14.0. The van der Waals surface area contributed by atoms with Crippen LogP contribution in [0.4, 0.5) is 0 Å². The van der Waals surface area contributed by atoms with Crippen molar-refractivity contribution in [2.45, 2.75) is 32.1 Å². The molecular formula is C18H17BrO. The number of halogens is 1. The topological polar surface area (TPSA) is 17.1 Å². The Morgan fingerprint density at radius 2 is 1.80 bits per heavy atom. The van der Waals surface area contributed by atoms with Crippen LogP contribution in [0.2, 0.25) is 0 Å². The third kappa shape index (κ3) is 2.57. The van der Waals surface area contributed by atoms with Gasteiger partial charge in [0.15, 0.2) is 5.78 Å². The van der Waals surface area contributed by atoms with Crippen molar-refractivity contribution in [3.05, 3.63) is 69.2 Å². The highest BCUT2D eigenvalue weighted by Gasteiger charge is 2.20. The van der Waals surface area contributed by atoms with E-state index in [0.717, 1.165) is 21.2 Å². The Labute approximate surface area is 128 Å². The van der Waals surface area contributed by atoms with Gasteiger partial charge in [-0.3, -0.25) is 4.79 Å². The lowest BCUT2D eigenvalue weighted by atomic mass is 9.80. The molecule has 0 bridgehead atoms. The number of carbonyl (C=O) groups is 1. The summed E-state index contributed by atoms with van der Waals surface area (Å²) in [6.45, 7) is 2.02. The largest absolute Gasteiger partial charge is 0.289 e. The van der Waals surface area contributed by atoms with Gasteiger partial charge in [-0.05, 0) is 48.9 Å². The van der Waals surface area contributed by atoms with Crippen LogP contribution in [0, 0.1) is 6.92 Å². The summed E-state index contributed by atoms with van der Waals surface area (Å²) in [6.07, 6.45) is 3.91. The van der Waals surface area contributed by atoms with Gasteiger partial charge in [-0.25, -0.2) is 0 Å². The maximum Gasteiger partial charge on any atom is 0.194 e. The van der Waals surface area contributed by atoms with E-state index in [1.165, 1.54) is 24.8 Å². The third-order valence-electron chi connectivity index (χ3n) is 4.12. The van der Waals surface area contributed by atoms with E-state index in [4.69, 9.17) is 0 Å². The first-order valence-electron chi connectivity index (χ1n) is 7.06. The van der Waals surface area contributed by atoms with Crippen molar-refractivity contribution in [1.29, 1.82) is 0 Å². The lowest BCUT2D eigenvalue weighted by molar-refractivity contribution is 0.103. The predicted molar refractivity (Wildman–Crippen MR) is 85.3 cm³/mol. The molecule has 3 rings (SSSR count). The van der Waals surface area contributed by atoms with E-state index < -0.39 is 0 Å². The molecule has 2 heteroatoms. The van der Waals surface area contributed by atoms with Gasteiger partial charge in [0, 0.05) is 15.6 Å². The fourth-order valence-corrected chi connectivity index (χ4v) is 3.28. The fraction of sp³-hybridized carbons (Fsp3) is 0.278. The Bertz CT molecular complexity index is 639. The number of benzene rings is 2. The van der Waals surface area contributed by atoms with Crippen LogP contribution in [0.15, 0.2) is 46.9 Å². The van der Waals surface area contributed by atoms with Crippen molar-refractivity contribution in [2.75, 3.05) is 0 Å². The van der Waals surface area contributed by atoms with Crippen LogP contribution in [-0.2, 0) is 0 Å². The Morgan fingerprint density at radius 3 is 2.35 bits per heavy atom. The third-order valence-corrected chi connectivity index (χ3v) is 4.77. The van der Waals surface area contributed by atoms with E-state index in [9.17, 15) is 4.79 Å². The monoisotopic (exact) mass is 328 g/mol. The Morgan fingerprint density at radius 1 is 1.10 bits per heavy atom. The average Bonchev–Trinajstić information content (AvgIpc) is 2.37. The standard InChI is InChI=1S/C18H17BrO/c1-12-5-10-16(17(19)11-12)18(20)15-8-6-14(7-9-15)13-3-2-4-13/h5-11,13H,2-4H2,1H3. The van der Waals surface area contributed by atoms with Gasteiger partial charge < -0.3 is 0 Å². The zero-order valence-electron chi connectivity index (χ0n) is 11.5. The molecule has 0 N–H and O–H groups in total. The molecule has 1 nitrogen and oxygen atoms in total. The molecule has 0 radical (unpaired) electrons. The van der Waals surface area contributed by atoms with Gasteiger partial charge in [-0.15, -0.1) is 0 Å². The maximum absolute atomic E-state index is 12.5. The number of carbonyl (C=O) groups excluding carboxylic acids is 1. The number of rotatable bonds is 3. The summed E-state index contributed by atoms with van der Waals surface area (Å²) in [5.41, 5.74) is 4.01. The van der Waals surface area contributed by atoms with Crippen LogP contribution in [-0.4, -0.2) is 5.78 Å². The Balaban J connectivity index is 1.86. The van der Waals surface area contributed by atoms with E-state index >= 15 is 0 Å². The second kappa shape index (κ2) is 5.53. The molecule has 0 unspecified atom stereocenters. The molecule has 20 heavy (non-hydrogen) atoms. The highest BCUT2D eigenvalue weighted by molar-refractivity contribution is 9.10. The summed E-state index contributed by atoms with van der Waals surface area (Å²) >= 11 is 3.48. The zero-order valence-corrected chi connectivity index (χ0v) is 13.1. The molecule has 0 aliphatic heterocycles. The first kappa shape index (κ1) is 13.6. The highest BCUT2D eigenvalue weighted by atomic mass is 79.9. The number of hydrogen-bond acceptors (Lipinski definition) is 1. The molecule has 0 spiro atoms. The van der Waals surface area contributed by atoms with E-state index in [0.29, 0.717) is 5.92 Å². The second-order valence-electron chi connectivity index (χ2n) is 5.56. The van der Waals surface area contributed by atoms with E-state index in [1.807, 2.05) is 37.3 Å². The van der Waals surface area contributed by atoms with Crippen LogP contribution in [0.5, 0.6) is 0 Å². The molecular weight excluding hydrogens is 312 g/mol. The lowest BCUT2D eigenvalue weighted by Gasteiger charge is -2.25. The first-order chi connectivity index (χ1) is 9.65. The van der Waals surface area contributed by atoms with Crippen molar-refractivity contribution in [3.8, 4) is 0 Å². The van der Waals surface area contributed by atoms with Crippen molar-refractivity contribution >= 4 is 21.7 Å². The maximum atomic E-state index is 12.5. The molecule has 0 atom stereocenters.